The molecule has 0 aliphatic carbocycles. The molecule has 0 N–H and O–H groups in total. The molecule has 5 heteroatoms. The molecule has 0 aromatic carbocycles. The quantitative estimate of drug-likeness (QED) is 0.599. The van der Waals surface area contributed by atoms with Crippen LogP contribution in [0.1, 0.15) is 23.8 Å². The van der Waals surface area contributed by atoms with Crippen molar-refractivity contribution in [1.82, 2.24) is 10.3 Å². The van der Waals surface area contributed by atoms with Gasteiger partial charge in [-0.05, 0) is 16.7 Å². The van der Waals surface area contributed by atoms with Crippen molar-refractivity contribution in [2.75, 3.05) is 18.0 Å². The minimum absolute atomic E-state index is 0.0989. The topological polar surface area (TPSA) is 59.2 Å². The first-order chi connectivity index (χ1) is 5.79. The van der Waals surface area contributed by atoms with Crippen LogP contribution < -0.4 is 4.90 Å². The molecule has 2 rings (SSSR count). The van der Waals surface area contributed by atoms with E-state index in [1.54, 1.807) is 0 Å². The molecule has 0 amide bonds. The van der Waals surface area contributed by atoms with Crippen molar-refractivity contribution < 1.29 is 9.42 Å². The minimum atomic E-state index is -0.0989. The zero-order valence-electron chi connectivity index (χ0n) is 6.78. The predicted molar refractivity (Wildman–Crippen MR) is 41.1 cm³/mol. The summed E-state index contributed by atoms with van der Waals surface area (Å²) in [5.74, 6) is 0.493. The number of aromatic nitrogens is 2. The molecule has 0 saturated carbocycles. The van der Waals surface area contributed by atoms with Gasteiger partial charge in [0.2, 0.25) is 5.82 Å². The molecule has 1 saturated heterocycles. The number of anilines is 1. The monoisotopic (exact) mass is 167 g/mol. The number of carbonyl (C=O) groups excluding carboxylic acids is 1. The van der Waals surface area contributed by atoms with Gasteiger partial charge in [-0.3, -0.25) is 4.79 Å². The molecule has 0 unspecified atom stereocenters. The molecule has 2 heterocycles. The highest BCUT2D eigenvalue weighted by Gasteiger charge is 2.24. The Morgan fingerprint density at radius 1 is 1.50 bits per heavy atom. The lowest BCUT2D eigenvalue weighted by molar-refractivity contribution is 0.100. The number of ketones is 1. The molecule has 1 aromatic rings. The Hall–Kier alpha value is -1.39. The summed E-state index contributed by atoms with van der Waals surface area (Å²) in [6.07, 6.45) is 1.14. The smallest absolute Gasteiger partial charge is 0.204 e. The Labute approximate surface area is 69.3 Å². The van der Waals surface area contributed by atoms with Gasteiger partial charge in [0.15, 0.2) is 11.5 Å². The highest BCUT2D eigenvalue weighted by atomic mass is 16.6. The van der Waals surface area contributed by atoms with Crippen molar-refractivity contribution >= 4 is 11.6 Å². The Morgan fingerprint density at radius 3 is 2.75 bits per heavy atom. The third kappa shape index (κ3) is 0.975. The number of hydrogen-bond donors (Lipinski definition) is 0. The lowest BCUT2D eigenvalue weighted by Crippen LogP contribution is -2.38. The van der Waals surface area contributed by atoms with Crippen LogP contribution in [-0.2, 0) is 0 Å². The predicted octanol–water partition coefficient (Wildman–Crippen LogP) is 0.482. The van der Waals surface area contributed by atoms with Gasteiger partial charge in [0, 0.05) is 20.0 Å². The van der Waals surface area contributed by atoms with Crippen LogP contribution in [0.4, 0.5) is 5.82 Å². The molecule has 64 valence electrons. The van der Waals surface area contributed by atoms with Gasteiger partial charge in [-0.2, -0.15) is 0 Å². The molecular weight excluding hydrogens is 158 g/mol. The number of rotatable bonds is 2. The maximum atomic E-state index is 11.0. The molecule has 12 heavy (non-hydrogen) atoms. The van der Waals surface area contributed by atoms with E-state index >= 15 is 0 Å². The first-order valence-corrected chi connectivity index (χ1v) is 3.87. The van der Waals surface area contributed by atoms with E-state index in [1.807, 2.05) is 4.90 Å². The molecule has 0 radical (unpaired) electrons. The number of hydrogen-bond acceptors (Lipinski definition) is 5. The lowest BCUT2D eigenvalue weighted by atomic mass is 10.2. The zero-order chi connectivity index (χ0) is 8.55. The van der Waals surface area contributed by atoms with Crippen molar-refractivity contribution in [1.29, 1.82) is 0 Å². The highest BCUT2D eigenvalue weighted by molar-refractivity contribution is 5.96. The summed E-state index contributed by atoms with van der Waals surface area (Å²) >= 11 is 0. The summed E-state index contributed by atoms with van der Waals surface area (Å²) in [5, 5.41) is 7.22. The number of nitrogens with zero attached hydrogens (tertiary/aromatic N) is 3. The molecule has 1 aliphatic heterocycles. The van der Waals surface area contributed by atoms with Crippen molar-refractivity contribution in [2.45, 2.75) is 13.3 Å². The van der Waals surface area contributed by atoms with Crippen LogP contribution >= 0.6 is 0 Å². The fraction of sp³-hybridized carbons (Fsp3) is 0.571. The van der Waals surface area contributed by atoms with Gasteiger partial charge in [-0.1, -0.05) is 0 Å². The molecule has 1 aliphatic rings. The standard InChI is InChI=1S/C7H9N3O2/c1-5(11)6-7(9-12-8-6)10-3-2-4-10/h2-4H2,1H3. The number of Topliss-reactive ketones (excluding diaryl/α,β-unsaturated/α-hetero) is 1. The van der Waals surface area contributed by atoms with E-state index in [0.29, 0.717) is 11.5 Å². The summed E-state index contributed by atoms with van der Waals surface area (Å²) in [5.41, 5.74) is 0.342. The Morgan fingerprint density at radius 2 is 2.25 bits per heavy atom. The highest BCUT2D eigenvalue weighted by Crippen LogP contribution is 2.21. The molecule has 0 spiro atoms. The second-order valence-corrected chi connectivity index (χ2v) is 2.83. The van der Waals surface area contributed by atoms with E-state index in [-0.39, 0.29) is 5.78 Å². The molecule has 0 atom stereocenters. The van der Waals surface area contributed by atoms with Crippen LogP contribution in [0.3, 0.4) is 0 Å². The summed E-state index contributed by atoms with van der Waals surface area (Å²) < 4.78 is 4.50. The molecule has 0 bridgehead atoms. The van der Waals surface area contributed by atoms with Crippen molar-refractivity contribution in [2.24, 2.45) is 0 Å². The fourth-order valence-corrected chi connectivity index (χ4v) is 1.14. The molecule has 1 aromatic heterocycles. The van der Waals surface area contributed by atoms with Crippen molar-refractivity contribution in [3.8, 4) is 0 Å². The third-order valence-corrected chi connectivity index (χ3v) is 1.96. The normalized spacial score (nSPS) is 15.9. The van der Waals surface area contributed by atoms with E-state index in [4.69, 9.17) is 0 Å². The largest absolute Gasteiger partial charge is 0.352 e. The van der Waals surface area contributed by atoms with Gasteiger partial charge in [0.1, 0.15) is 0 Å². The zero-order valence-corrected chi connectivity index (χ0v) is 6.78. The second kappa shape index (κ2) is 2.58. The minimum Gasteiger partial charge on any atom is -0.352 e. The van der Waals surface area contributed by atoms with Gasteiger partial charge in [0.25, 0.3) is 0 Å². The first-order valence-electron chi connectivity index (χ1n) is 3.87. The van der Waals surface area contributed by atoms with Crippen LogP contribution in [0.5, 0.6) is 0 Å². The van der Waals surface area contributed by atoms with Gasteiger partial charge in [0.05, 0.1) is 0 Å². The van der Waals surface area contributed by atoms with E-state index in [0.717, 1.165) is 19.5 Å². The van der Waals surface area contributed by atoms with E-state index in [2.05, 4.69) is 14.9 Å². The van der Waals surface area contributed by atoms with Crippen LogP contribution in [-0.4, -0.2) is 29.2 Å². The second-order valence-electron chi connectivity index (χ2n) is 2.83. The van der Waals surface area contributed by atoms with Crippen LogP contribution in [0, 0.1) is 0 Å². The van der Waals surface area contributed by atoms with Crippen molar-refractivity contribution in [3.05, 3.63) is 5.69 Å². The Balaban J connectivity index is 2.29. The first kappa shape index (κ1) is 7.27. The average Bonchev–Trinajstić information content (AvgIpc) is 2.31. The summed E-state index contributed by atoms with van der Waals surface area (Å²) in [4.78, 5) is 13.0. The van der Waals surface area contributed by atoms with Gasteiger partial charge in [-0.15, -0.1) is 0 Å². The summed E-state index contributed by atoms with van der Waals surface area (Å²) in [6.45, 7) is 3.34. The van der Waals surface area contributed by atoms with Gasteiger partial charge in [-0.25, -0.2) is 4.63 Å². The SMILES string of the molecule is CC(=O)c1nonc1N1CCC1. The third-order valence-electron chi connectivity index (χ3n) is 1.96. The average molecular weight is 167 g/mol. The van der Waals surface area contributed by atoms with Crippen LogP contribution in [0.15, 0.2) is 4.63 Å². The summed E-state index contributed by atoms with van der Waals surface area (Å²) in [7, 11) is 0. The fourth-order valence-electron chi connectivity index (χ4n) is 1.14. The van der Waals surface area contributed by atoms with Gasteiger partial charge >= 0.3 is 0 Å². The van der Waals surface area contributed by atoms with E-state index < -0.39 is 0 Å². The van der Waals surface area contributed by atoms with E-state index in [9.17, 15) is 4.79 Å². The summed E-state index contributed by atoms with van der Waals surface area (Å²) in [6, 6.07) is 0. The lowest BCUT2D eigenvalue weighted by Gasteiger charge is -2.30. The maximum Gasteiger partial charge on any atom is 0.204 e. The number of carbonyl (C=O) groups is 1. The van der Waals surface area contributed by atoms with Crippen LogP contribution in [0.2, 0.25) is 0 Å². The van der Waals surface area contributed by atoms with E-state index in [1.165, 1.54) is 6.92 Å². The molecule has 5 nitrogen and oxygen atoms in total. The molecular formula is C7H9N3O2. The Kier molecular flexibility index (Phi) is 1.56. The maximum absolute atomic E-state index is 11.0. The van der Waals surface area contributed by atoms with Crippen LogP contribution in [0.25, 0.3) is 0 Å². The van der Waals surface area contributed by atoms with Crippen molar-refractivity contribution in [3.63, 3.8) is 0 Å². The Bertz CT molecular complexity index is 303. The van der Waals surface area contributed by atoms with Gasteiger partial charge < -0.3 is 4.90 Å². The molecule has 1 fully saturated rings.